The van der Waals surface area contributed by atoms with Crippen molar-refractivity contribution in [3.05, 3.63) is 130 Å². The average molecular weight is 460 g/mol. The number of para-hydroxylation sites is 2. The van der Waals surface area contributed by atoms with Gasteiger partial charge in [0, 0.05) is 35.1 Å². The quantitative estimate of drug-likeness (QED) is 0.292. The lowest BCUT2D eigenvalue weighted by Crippen LogP contribution is -2.15. The van der Waals surface area contributed by atoms with Crippen LogP contribution in [0.2, 0.25) is 0 Å². The molecule has 0 saturated carbocycles. The van der Waals surface area contributed by atoms with E-state index >= 15 is 0 Å². The number of ketones is 1. The normalized spacial score (nSPS) is 10.9. The number of benzene rings is 3. The highest BCUT2D eigenvalue weighted by molar-refractivity contribution is 5.96. The van der Waals surface area contributed by atoms with E-state index < -0.39 is 0 Å². The number of nitrogens with zero attached hydrogens (tertiary/aromatic N) is 2. The van der Waals surface area contributed by atoms with E-state index in [4.69, 9.17) is 4.98 Å². The maximum absolute atomic E-state index is 13.2. The molecule has 5 nitrogen and oxygen atoms in total. The number of rotatable bonds is 7. The van der Waals surface area contributed by atoms with Crippen LogP contribution in [-0.4, -0.2) is 15.3 Å². The van der Waals surface area contributed by atoms with Gasteiger partial charge < -0.3 is 5.32 Å². The second-order valence-corrected chi connectivity index (χ2v) is 8.45. The first-order valence-electron chi connectivity index (χ1n) is 11.6. The van der Waals surface area contributed by atoms with Gasteiger partial charge in [-0.15, -0.1) is 0 Å². The van der Waals surface area contributed by atoms with E-state index in [9.17, 15) is 9.59 Å². The molecule has 0 atom stereocenters. The maximum atomic E-state index is 13.2. The number of aryl methyl sites for hydroxylation is 2. The van der Waals surface area contributed by atoms with Crippen LogP contribution in [0.3, 0.4) is 0 Å². The van der Waals surface area contributed by atoms with Gasteiger partial charge in [-0.05, 0) is 49.2 Å². The molecule has 5 aromatic rings. The number of hydrogen-bond donors (Lipinski definition) is 1. The maximum Gasteiger partial charge on any atom is 0.193 e. The van der Waals surface area contributed by atoms with Crippen molar-refractivity contribution in [3.63, 3.8) is 0 Å². The third kappa shape index (κ3) is 4.75. The van der Waals surface area contributed by atoms with Gasteiger partial charge in [0.05, 0.1) is 5.39 Å². The van der Waals surface area contributed by atoms with E-state index in [0.717, 1.165) is 22.6 Å². The standard InChI is InChI=1S/C30H25N3O2/c1-21-23(17-18-27(34)22-11-5-2-6-12-22)19-26-28(35)20-29(32-24-13-7-3-8-14-24)33(30(26)31-21)25-15-9-4-10-16-25/h2-16,19-20,32H,17-18H2,1H3. The summed E-state index contributed by atoms with van der Waals surface area (Å²) < 4.78 is 1.97. The number of nitrogens with one attached hydrogen (secondary N) is 1. The topological polar surface area (TPSA) is 64.0 Å². The Hall–Kier alpha value is -4.51. The van der Waals surface area contributed by atoms with Crippen molar-refractivity contribution in [2.75, 3.05) is 5.32 Å². The third-order valence-electron chi connectivity index (χ3n) is 6.06. The molecule has 0 spiro atoms. The summed E-state index contributed by atoms with van der Waals surface area (Å²) in [6.07, 6.45) is 0.885. The minimum atomic E-state index is -0.117. The summed E-state index contributed by atoms with van der Waals surface area (Å²) >= 11 is 0. The van der Waals surface area contributed by atoms with Gasteiger partial charge in [0.2, 0.25) is 0 Å². The van der Waals surface area contributed by atoms with Crippen LogP contribution in [0.5, 0.6) is 0 Å². The lowest BCUT2D eigenvalue weighted by molar-refractivity contribution is 0.0983. The lowest BCUT2D eigenvalue weighted by Gasteiger charge is -2.19. The molecule has 1 N–H and O–H groups in total. The monoisotopic (exact) mass is 459 g/mol. The zero-order valence-corrected chi connectivity index (χ0v) is 19.4. The van der Waals surface area contributed by atoms with Gasteiger partial charge >= 0.3 is 0 Å². The molecule has 0 radical (unpaired) electrons. The summed E-state index contributed by atoms with van der Waals surface area (Å²) in [6.45, 7) is 1.93. The molecule has 35 heavy (non-hydrogen) atoms. The van der Waals surface area contributed by atoms with E-state index in [2.05, 4.69) is 5.32 Å². The highest BCUT2D eigenvalue weighted by Crippen LogP contribution is 2.26. The smallest absolute Gasteiger partial charge is 0.193 e. The van der Waals surface area contributed by atoms with Crippen molar-refractivity contribution in [2.24, 2.45) is 0 Å². The van der Waals surface area contributed by atoms with E-state index in [1.165, 1.54) is 0 Å². The Morgan fingerprint density at radius 3 is 2.17 bits per heavy atom. The van der Waals surface area contributed by atoms with Crippen LogP contribution in [0.4, 0.5) is 11.5 Å². The van der Waals surface area contributed by atoms with Crippen LogP contribution in [0.25, 0.3) is 16.7 Å². The molecule has 0 fully saturated rings. The van der Waals surface area contributed by atoms with E-state index in [1.54, 1.807) is 6.07 Å². The molecular formula is C30H25N3O2. The summed E-state index contributed by atoms with van der Waals surface area (Å²) in [5.41, 5.74) is 4.65. The number of carbonyl (C=O) groups excluding carboxylic acids is 1. The van der Waals surface area contributed by atoms with Gasteiger partial charge in [0.1, 0.15) is 11.5 Å². The Morgan fingerprint density at radius 2 is 1.49 bits per heavy atom. The number of fused-ring (bicyclic) bond motifs is 1. The van der Waals surface area contributed by atoms with Gasteiger partial charge in [-0.3, -0.25) is 14.2 Å². The number of anilines is 2. The predicted octanol–water partition coefficient (Wildman–Crippen LogP) is 6.25. The molecule has 0 aliphatic rings. The number of hydrogen-bond acceptors (Lipinski definition) is 4. The van der Waals surface area contributed by atoms with Gasteiger partial charge in [-0.2, -0.15) is 0 Å². The SMILES string of the molecule is Cc1nc2c(cc1CCC(=O)c1ccccc1)c(=O)cc(Nc1ccccc1)n2-c1ccccc1. The summed E-state index contributed by atoms with van der Waals surface area (Å²) in [4.78, 5) is 30.7. The van der Waals surface area contributed by atoms with Crippen molar-refractivity contribution in [1.82, 2.24) is 9.55 Å². The molecule has 0 aliphatic heterocycles. The Morgan fingerprint density at radius 1 is 0.857 bits per heavy atom. The molecule has 0 amide bonds. The van der Waals surface area contributed by atoms with Crippen molar-refractivity contribution in [3.8, 4) is 5.69 Å². The van der Waals surface area contributed by atoms with Crippen LogP contribution in [-0.2, 0) is 6.42 Å². The summed E-state index contributed by atoms with van der Waals surface area (Å²) in [5, 5.41) is 3.90. The molecule has 5 heteroatoms. The highest BCUT2D eigenvalue weighted by atomic mass is 16.1. The van der Waals surface area contributed by atoms with E-state index in [-0.39, 0.29) is 11.2 Å². The minimum absolute atomic E-state index is 0.0780. The minimum Gasteiger partial charge on any atom is -0.341 e. The fraction of sp³-hybridized carbons (Fsp3) is 0.100. The largest absolute Gasteiger partial charge is 0.341 e. The first-order valence-corrected chi connectivity index (χ1v) is 11.6. The van der Waals surface area contributed by atoms with E-state index in [1.807, 2.05) is 109 Å². The second kappa shape index (κ2) is 9.77. The Kier molecular flexibility index (Phi) is 6.22. The van der Waals surface area contributed by atoms with Gasteiger partial charge in [0.25, 0.3) is 0 Å². The van der Waals surface area contributed by atoms with Crippen molar-refractivity contribution >= 4 is 28.3 Å². The molecule has 2 aromatic heterocycles. The van der Waals surface area contributed by atoms with Crippen molar-refractivity contribution in [1.29, 1.82) is 0 Å². The number of pyridine rings is 2. The Balaban J connectivity index is 1.58. The summed E-state index contributed by atoms with van der Waals surface area (Å²) in [5.74, 6) is 0.716. The molecule has 5 rings (SSSR count). The molecule has 0 saturated heterocycles. The Labute approximate surface area is 203 Å². The van der Waals surface area contributed by atoms with Gasteiger partial charge in [0.15, 0.2) is 11.2 Å². The molecule has 2 heterocycles. The van der Waals surface area contributed by atoms with Crippen LogP contribution < -0.4 is 10.7 Å². The van der Waals surface area contributed by atoms with Crippen molar-refractivity contribution in [2.45, 2.75) is 19.8 Å². The molecule has 0 unspecified atom stereocenters. The highest BCUT2D eigenvalue weighted by Gasteiger charge is 2.16. The summed E-state index contributed by atoms with van der Waals surface area (Å²) in [6, 6.07) is 32.4. The van der Waals surface area contributed by atoms with Crippen LogP contribution in [0.15, 0.2) is 108 Å². The van der Waals surface area contributed by atoms with Crippen LogP contribution in [0, 0.1) is 6.92 Å². The molecular weight excluding hydrogens is 434 g/mol. The lowest BCUT2D eigenvalue weighted by atomic mass is 10.0. The Bertz CT molecular complexity index is 1540. The predicted molar refractivity (Wildman–Crippen MR) is 141 cm³/mol. The fourth-order valence-electron chi connectivity index (χ4n) is 4.24. The number of carbonyl (C=O) groups is 1. The summed E-state index contributed by atoms with van der Waals surface area (Å²) in [7, 11) is 0. The number of Topliss-reactive ketones (excluding diaryl/α,β-unsaturated/α-hetero) is 1. The van der Waals surface area contributed by atoms with E-state index in [0.29, 0.717) is 35.3 Å². The third-order valence-corrected chi connectivity index (χ3v) is 6.06. The second-order valence-electron chi connectivity index (χ2n) is 8.45. The first-order chi connectivity index (χ1) is 17.1. The molecule has 3 aromatic carbocycles. The van der Waals surface area contributed by atoms with Crippen LogP contribution >= 0.6 is 0 Å². The van der Waals surface area contributed by atoms with Crippen LogP contribution in [0.1, 0.15) is 28.0 Å². The van der Waals surface area contributed by atoms with Crippen molar-refractivity contribution < 1.29 is 4.79 Å². The van der Waals surface area contributed by atoms with Gasteiger partial charge in [-0.1, -0.05) is 66.7 Å². The number of aromatic nitrogens is 2. The molecule has 172 valence electrons. The molecule has 0 bridgehead atoms. The first kappa shape index (κ1) is 22.3. The molecule has 0 aliphatic carbocycles. The fourth-order valence-corrected chi connectivity index (χ4v) is 4.24. The zero-order valence-electron chi connectivity index (χ0n) is 19.4. The van der Waals surface area contributed by atoms with Gasteiger partial charge in [-0.25, -0.2) is 4.98 Å². The average Bonchev–Trinajstić information content (AvgIpc) is 2.89. The zero-order chi connectivity index (χ0) is 24.2.